The lowest BCUT2D eigenvalue weighted by Gasteiger charge is -2.11. The molecular weight excluding hydrogens is 347 g/mol. The van der Waals surface area contributed by atoms with E-state index >= 15 is 0 Å². The van der Waals surface area contributed by atoms with Gasteiger partial charge in [-0.1, -0.05) is 17.7 Å². The highest BCUT2D eigenvalue weighted by atomic mass is 35.5. The molecule has 0 radical (unpaired) electrons. The third-order valence-electron chi connectivity index (χ3n) is 3.49. The number of aromatic nitrogens is 1. The summed E-state index contributed by atoms with van der Waals surface area (Å²) in [5.74, 6) is 0.418. The molecule has 0 spiro atoms. The van der Waals surface area contributed by atoms with Crippen molar-refractivity contribution in [3.63, 3.8) is 0 Å². The minimum absolute atomic E-state index is 0.319. The molecule has 0 atom stereocenters. The number of hydrogen-bond acceptors (Lipinski definition) is 3. The van der Waals surface area contributed by atoms with Crippen LogP contribution in [0.25, 0.3) is 0 Å². The number of rotatable bonds is 6. The molecule has 7 heteroatoms. The Balaban J connectivity index is 1.91. The smallest absolute Gasteiger partial charge is 0.191 e. The maximum atomic E-state index is 13.1. The SMILES string of the molecule is CCNC(=NCc1nc(C)c(C)s1)NCCc1ccc(F)cc1Cl. The zero-order valence-corrected chi connectivity index (χ0v) is 15.7. The quantitative estimate of drug-likeness (QED) is 0.601. The highest BCUT2D eigenvalue weighted by Gasteiger charge is 2.05. The topological polar surface area (TPSA) is 49.3 Å². The molecule has 2 N–H and O–H groups in total. The predicted octanol–water partition coefficient (Wildman–Crippen LogP) is 3.85. The summed E-state index contributed by atoms with van der Waals surface area (Å²) in [6.45, 7) is 8.08. The van der Waals surface area contributed by atoms with E-state index in [-0.39, 0.29) is 5.82 Å². The molecule has 0 saturated carbocycles. The van der Waals surface area contributed by atoms with E-state index in [2.05, 4.69) is 27.5 Å². The summed E-state index contributed by atoms with van der Waals surface area (Å²) in [6.07, 6.45) is 0.693. The Morgan fingerprint density at radius 2 is 2.12 bits per heavy atom. The lowest BCUT2D eigenvalue weighted by atomic mass is 10.1. The summed E-state index contributed by atoms with van der Waals surface area (Å²) < 4.78 is 13.1. The Labute approximate surface area is 151 Å². The van der Waals surface area contributed by atoms with Gasteiger partial charge in [-0.3, -0.25) is 0 Å². The average molecular weight is 369 g/mol. The first-order valence-corrected chi connectivity index (χ1v) is 9.08. The molecule has 0 bridgehead atoms. The number of nitrogens with zero attached hydrogens (tertiary/aromatic N) is 2. The van der Waals surface area contributed by atoms with Crippen molar-refractivity contribution in [2.24, 2.45) is 4.99 Å². The largest absolute Gasteiger partial charge is 0.357 e. The van der Waals surface area contributed by atoms with Crippen LogP contribution in [0, 0.1) is 19.7 Å². The molecule has 1 heterocycles. The van der Waals surface area contributed by atoms with Crippen LogP contribution in [0.15, 0.2) is 23.2 Å². The van der Waals surface area contributed by atoms with Gasteiger partial charge in [-0.05, 0) is 44.9 Å². The number of nitrogens with one attached hydrogen (secondary N) is 2. The van der Waals surface area contributed by atoms with Gasteiger partial charge in [-0.2, -0.15) is 0 Å². The first kappa shape index (κ1) is 18.7. The lowest BCUT2D eigenvalue weighted by Crippen LogP contribution is -2.38. The second-order valence-corrected chi connectivity index (χ2v) is 7.05. The molecule has 0 aliphatic carbocycles. The molecule has 2 aromatic rings. The summed E-state index contributed by atoms with van der Waals surface area (Å²) in [7, 11) is 0. The number of guanidine groups is 1. The van der Waals surface area contributed by atoms with Crippen molar-refractivity contribution in [2.45, 2.75) is 33.7 Å². The molecule has 0 unspecified atom stereocenters. The molecule has 130 valence electrons. The van der Waals surface area contributed by atoms with Crippen LogP contribution in [0.5, 0.6) is 0 Å². The fourth-order valence-corrected chi connectivity index (χ4v) is 3.26. The Hall–Kier alpha value is -1.66. The molecule has 0 aliphatic rings. The summed E-state index contributed by atoms with van der Waals surface area (Å²) in [4.78, 5) is 10.3. The van der Waals surface area contributed by atoms with Gasteiger partial charge in [0.25, 0.3) is 0 Å². The Kier molecular flexibility index (Phi) is 6.99. The van der Waals surface area contributed by atoms with E-state index in [1.807, 2.05) is 13.8 Å². The van der Waals surface area contributed by atoms with E-state index < -0.39 is 0 Å². The fourth-order valence-electron chi connectivity index (χ4n) is 2.14. The van der Waals surface area contributed by atoms with Gasteiger partial charge in [-0.15, -0.1) is 11.3 Å². The van der Waals surface area contributed by atoms with Gasteiger partial charge in [-0.25, -0.2) is 14.4 Å². The third kappa shape index (κ3) is 5.46. The number of halogens is 2. The molecular formula is C17H22ClFN4S. The Morgan fingerprint density at radius 1 is 1.33 bits per heavy atom. The molecule has 0 saturated heterocycles. The van der Waals surface area contributed by atoms with Crippen molar-refractivity contribution in [2.75, 3.05) is 13.1 Å². The second kappa shape index (κ2) is 8.99. The van der Waals surface area contributed by atoms with Crippen molar-refractivity contribution in [1.82, 2.24) is 15.6 Å². The van der Waals surface area contributed by atoms with Gasteiger partial charge in [0.05, 0.1) is 12.2 Å². The zero-order chi connectivity index (χ0) is 17.5. The minimum Gasteiger partial charge on any atom is -0.357 e. The van der Waals surface area contributed by atoms with Crippen LogP contribution in [0.1, 0.15) is 28.1 Å². The van der Waals surface area contributed by atoms with Gasteiger partial charge in [0, 0.05) is 23.0 Å². The van der Waals surface area contributed by atoms with Crippen LogP contribution in [0.3, 0.4) is 0 Å². The average Bonchev–Trinajstić information content (AvgIpc) is 2.85. The Bertz CT molecular complexity index is 695. The maximum absolute atomic E-state index is 13.1. The minimum atomic E-state index is -0.319. The molecule has 2 rings (SSSR count). The van der Waals surface area contributed by atoms with Crippen LogP contribution in [-0.2, 0) is 13.0 Å². The van der Waals surface area contributed by atoms with Crippen molar-refractivity contribution < 1.29 is 4.39 Å². The zero-order valence-electron chi connectivity index (χ0n) is 14.1. The van der Waals surface area contributed by atoms with Gasteiger partial charge < -0.3 is 10.6 Å². The van der Waals surface area contributed by atoms with Crippen LogP contribution in [-0.4, -0.2) is 24.0 Å². The second-order valence-electron chi connectivity index (χ2n) is 5.36. The van der Waals surface area contributed by atoms with Crippen molar-refractivity contribution in [1.29, 1.82) is 0 Å². The number of hydrogen-bond donors (Lipinski definition) is 2. The number of aliphatic imine (C=N–C) groups is 1. The van der Waals surface area contributed by atoms with E-state index in [1.165, 1.54) is 17.0 Å². The monoisotopic (exact) mass is 368 g/mol. The van der Waals surface area contributed by atoms with Crippen LogP contribution in [0.4, 0.5) is 4.39 Å². The Morgan fingerprint density at radius 3 is 2.75 bits per heavy atom. The van der Waals surface area contributed by atoms with Gasteiger partial charge in [0.2, 0.25) is 0 Å². The number of benzene rings is 1. The third-order valence-corrected chi connectivity index (χ3v) is 4.90. The molecule has 0 aliphatic heterocycles. The lowest BCUT2D eigenvalue weighted by molar-refractivity contribution is 0.627. The first-order valence-electron chi connectivity index (χ1n) is 7.88. The molecule has 4 nitrogen and oxygen atoms in total. The normalized spacial score (nSPS) is 11.6. The highest BCUT2D eigenvalue weighted by molar-refractivity contribution is 7.11. The number of thiazole rings is 1. The molecule has 24 heavy (non-hydrogen) atoms. The fraction of sp³-hybridized carbons (Fsp3) is 0.412. The molecule has 1 aromatic heterocycles. The van der Waals surface area contributed by atoms with E-state index in [0.29, 0.717) is 24.5 Å². The van der Waals surface area contributed by atoms with Crippen LogP contribution >= 0.6 is 22.9 Å². The van der Waals surface area contributed by atoms with E-state index in [9.17, 15) is 4.39 Å². The summed E-state index contributed by atoms with van der Waals surface area (Å²) in [6, 6.07) is 4.47. The van der Waals surface area contributed by atoms with Gasteiger partial charge >= 0.3 is 0 Å². The highest BCUT2D eigenvalue weighted by Crippen LogP contribution is 2.18. The summed E-state index contributed by atoms with van der Waals surface area (Å²) in [5.41, 5.74) is 1.97. The maximum Gasteiger partial charge on any atom is 0.191 e. The van der Waals surface area contributed by atoms with Gasteiger partial charge in [0.1, 0.15) is 10.8 Å². The summed E-state index contributed by atoms with van der Waals surface area (Å²) >= 11 is 7.72. The first-order chi connectivity index (χ1) is 11.5. The summed E-state index contributed by atoms with van der Waals surface area (Å²) in [5, 5.41) is 7.93. The molecule has 0 fully saturated rings. The van der Waals surface area contributed by atoms with Crippen molar-refractivity contribution >= 4 is 28.9 Å². The molecule has 0 amide bonds. The number of aryl methyl sites for hydroxylation is 2. The standard InChI is InChI=1S/C17H22ClFN4S/c1-4-20-17(22-10-16-23-11(2)12(3)24-16)21-8-7-13-5-6-14(19)9-15(13)18/h5-6,9H,4,7-8,10H2,1-3H3,(H2,20,21,22). The van der Waals surface area contributed by atoms with E-state index in [1.54, 1.807) is 17.4 Å². The van der Waals surface area contributed by atoms with Crippen LogP contribution < -0.4 is 10.6 Å². The van der Waals surface area contributed by atoms with Gasteiger partial charge in [0.15, 0.2) is 5.96 Å². The predicted molar refractivity (Wildman–Crippen MR) is 99.5 cm³/mol. The molecule has 1 aromatic carbocycles. The van der Waals surface area contributed by atoms with Crippen molar-refractivity contribution in [3.8, 4) is 0 Å². The van der Waals surface area contributed by atoms with Crippen molar-refractivity contribution in [3.05, 3.63) is 50.2 Å². The van der Waals surface area contributed by atoms with E-state index in [4.69, 9.17) is 11.6 Å². The van der Waals surface area contributed by atoms with Crippen LogP contribution in [0.2, 0.25) is 5.02 Å². The van der Waals surface area contributed by atoms with E-state index in [0.717, 1.165) is 28.8 Å².